The maximum Gasteiger partial charge on any atom is 0.118 e. The molecule has 0 amide bonds. The summed E-state index contributed by atoms with van der Waals surface area (Å²) >= 11 is 0. The lowest BCUT2D eigenvalue weighted by Gasteiger charge is -2.17. The van der Waals surface area contributed by atoms with Crippen LogP contribution in [-0.4, -0.2) is 33.9 Å². The highest BCUT2D eigenvalue weighted by atomic mass is 16.5. The highest BCUT2D eigenvalue weighted by molar-refractivity contribution is 5.27. The standard InChI is InChI=1S/C17H29NO2/c1-4-5-6-16(14-18-11-12-19-2)13-15-7-9-17(20-3)10-8-15/h7-10,16,18H,4-6,11-14H2,1-3H3. The van der Waals surface area contributed by atoms with E-state index in [4.69, 9.17) is 9.47 Å². The Labute approximate surface area is 123 Å². The molecule has 114 valence electrons. The molecule has 0 aromatic heterocycles. The smallest absolute Gasteiger partial charge is 0.118 e. The summed E-state index contributed by atoms with van der Waals surface area (Å²) in [6.07, 6.45) is 4.97. The van der Waals surface area contributed by atoms with Gasteiger partial charge in [0.15, 0.2) is 0 Å². The fourth-order valence-electron chi connectivity index (χ4n) is 2.34. The number of hydrogen-bond acceptors (Lipinski definition) is 3. The minimum atomic E-state index is 0.695. The van der Waals surface area contributed by atoms with Gasteiger partial charge < -0.3 is 14.8 Å². The molecule has 0 aliphatic carbocycles. The first-order valence-corrected chi connectivity index (χ1v) is 7.62. The van der Waals surface area contributed by atoms with Gasteiger partial charge in [0.25, 0.3) is 0 Å². The molecule has 1 aromatic rings. The summed E-state index contributed by atoms with van der Waals surface area (Å²) in [7, 11) is 3.45. The Morgan fingerprint density at radius 2 is 1.90 bits per heavy atom. The molecule has 1 rings (SSSR count). The summed E-state index contributed by atoms with van der Waals surface area (Å²) < 4.78 is 10.3. The number of benzene rings is 1. The molecule has 0 bridgehead atoms. The quantitative estimate of drug-likeness (QED) is 0.631. The van der Waals surface area contributed by atoms with Gasteiger partial charge in [-0.25, -0.2) is 0 Å². The molecule has 20 heavy (non-hydrogen) atoms. The number of methoxy groups -OCH3 is 2. The highest BCUT2D eigenvalue weighted by Crippen LogP contribution is 2.17. The van der Waals surface area contributed by atoms with Gasteiger partial charge in [-0.15, -0.1) is 0 Å². The first kappa shape index (κ1) is 17.0. The fourth-order valence-corrected chi connectivity index (χ4v) is 2.34. The monoisotopic (exact) mass is 279 g/mol. The SMILES string of the molecule is CCCCC(CNCCOC)Cc1ccc(OC)cc1. The van der Waals surface area contributed by atoms with Crippen molar-refractivity contribution in [2.45, 2.75) is 32.6 Å². The number of rotatable bonds is 11. The Morgan fingerprint density at radius 1 is 1.15 bits per heavy atom. The van der Waals surface area contributed by atoms with E-state index in [9.17, 15) is 0 Å². The second-order valence-corrected chi connectivity index (χ2v) is 5.26. The van der Waals surface area contributed by atoms with E-state index in [1.165, 1.54) is 24.8 Å². The van der Waals surface area contributed by atoms with Gasteiger partial charge in [-0.3, -0.25) is 0 Å². The van der Waals surface area contributed by atoms with Crippen LogP contribution in [0, 0.1) is 5.92 Å². The van der Waals surface area contributed by atoms with E-state index in [1.54, 1.807) is 14.2 Å². The molecule has 1 aromatic carbocycles. The molecule has 0 radical (unpaired) electrons. The first-order chi connectivity index (χ1) is 9.80. The average Bonchev–Trinajstić information content (AvgIpc) is 2.49. The second-order valence-electron chi connectivity index (χ2n) is 5.26. The highest BCUT2D eigenvalue weighted by Gasteiger charge is 2.09. The maximum absolute atomic E-state index is 5.20. The van der Waals surface area contributed by atoms with Gasteiger partial charge in [-0.2, -0.15) is 0 Å². The molecule has 0 saturated carbocycles. The first-order valence-electron chi connectivity index (χ1n) is 7.62. The molecule has 3 nitrogen and oxygen atoms in total. The maximum atomic E-state index is 5.20. The summed E-state index contributed by atoms with van der Waals surface area (Å²) in [6.45, 7) is 5.03. The topological polar surface area (TPSA) is 30.5 Å². The average molecular weight is 279 g/mol. The van der Waals surface area contributed by atoms with Crippen LogP contribution in [-0.2, 0) is 11.2 Å². The lowest BCUT2D eigenvalue weighted by Crippen LogP contribution is -2.27. The van der Waals surface area contributed by atoms with Crippen molar-refractivity contribution >= 4 is 0 Å². The predicted molar refractivity (Wildman–Crippen MR) is 84.5 cm³/mol. The van der Waals surface area contributed by atoms with E-state index in [1.807, 2.05) is 12.1 Å². The zero-order valence-electron chi connectivity index (χ0n) is 13.2. The second kappa shape index (κ2) is 10.7. The van der Waals surface area contributed by atoms with Gasteiger partial charge in [0.2, 0.25) is 0 Å². The zero-order valence-corrected chi connectivity index (χ0v) is 13.2. The van der Waals surface area contributed by atoms with Crippen LogP contribution in [0.3, 0.4) is 0 Å². The van der Waals surface area contributed by atoms with Crippen LogP contribution in [0.4, 0.5) is 0 Å². The minimum Gasteiger partial charge on any atom is -0.497 e. The Balaban J connectivity index is 2.44. The molecule has 1 atom stereocenters. The van der Waals surface area contributed by atoms with Crippen LogP contribution in [0.15, 0.2) is 24.3 Å². The third-order valence-corrected chi connectivity index (χ3v) is 3.57. The number of unbranched alkanes of at least 4 members (excludes halogenated alkanes) is 1. The van der Waals surface area contributed by atoms with Crippen molar-refractivity contribution in [3.05, 3.63) is 29.8 Å². The van der Waals surface area contributed by atoms with Crippen molar-refractivity contribution in [1.29, 1.82) is 0 Å². The number of hydrogen-bond donors (Lipinski definition) is 1. The summed E-state index contributed by atoms with van der Waals surface area (Å²) in [5.41, 5.74) is 1.39. The van der Waals surface area contributed by atoms with Gasteiger partial charge in [0, 0.05) is 13.7 Å². The Morgan fingerprint density at radius 3 is 2.50 bits per heavy atom. The van der Waals surface area contributed by atoms with E-state index in [0.717, 1.165) is 31.9 Å². The molecule has 0 spiro atoms. The van der Waals surface area contributed by atoms with Crippen molar-refractivity contribution in [3.63, 3.8) is 0 Å². The van der Waals surface area contributed by atoms with Crippen LogP contribution in [0.1, 0.15) is 31.7 Å². The Hall–Kier alpha value is -1.06. The predicted octanol–water partition coefficient (Wildman–Crippen LogP) is 3.28. The van der Waals surface area contributed by atoms with Crippen LogP contribution in [0.5, 0.6) is 5.75 Å². The molecule has 3 heteroatoms. The fraction of sp³-hybridized carbons (Fsp3) is 0.647. The Bertz CT molecular complexity index is 337. The van der Waals surface area contributed by atoms with Crippen molar-refractivity contribution in [3.8, 4) is 5.75 Å². The summed E-state index contributed by atoms with van der Waals surface area (Å²) in [4.78, 5) is 0. The van der Waals surface area contributed by atoms with Crippen LogP contribution < -0.4 is 10.1 Å². The van der Waals surface area contributed by atoms with E-state index in [-0.39, 0.29) is 0 Å². The van der Waals surface area contributed by atoms with Crippen LogP contribution >= 0.6 is 0 Å². The molecule has 0 saturated heterocycles. The molecule has 1 unspecified atom stereocenters. The summed E-state index contributed by atoms with van der Waals surface area (Å²) in [5.74, 6) is 1.62. The van der Waals surface area contributed by atoms with Crippen LogP contribution in [0.25, 0.3) is 0 Å². The van der Waals surface area contributed by atoms with E-state index < -0.39 is 0 Å². The molecular weight excluding hydrogens is 250 g/mol. The minimum absolute atomic E-state index is 0.695. The van der Waals surface area contributed by atoms with Crippen molar-refractivity contribution in [2.75, 3.05) is 33.9 Å². The molecular formula is C17H29NO2. The summed E-state index contributed by atoms with van der Waals surface area (Å²) in [5, 5.41) is 3.49. The van der Waals surface area contributed by atoms with Gasteiger partial charge in [0.05, 0.1) is 13.7 Å². The molecule has 0 heterocycles. The number of ether oxygens (including phenoxy) is 2. The Kier molecular flexibility index (Phi) is 9.09. The third kappa shape index (κ3) is 6.92. The molecule has 0 aliphatic heterocycles. The third-order valence-electron chi connectivity index (χ3n) is 3.57. The summed E-state index contributed by atoms with van der Waals surface area (Å²) in [6, 6.07) is 8.44. The van der Waals surface area contributed by atoms with Gasteiger partial charge in [0.1, 0.15) is 5.75 Å². The molecule has 1 N–H and O–H groups in total. The van der Waals surface area contributed by atoms with Crippen molar-refractivity contribution < 1.29 is 9.47 Å². The number of nitrogens with one attached hydrogen (secondary N) is 1. The lowest BCUT2D eigenvalue weighted by molar-refractivity contribution is 0.197. The lowest BCUT2D eigenvalue weighted by atomic mass is 9.94. The van der Waals surface area contributed by atoms with Crippen LogP contribution in [0.2, 0.25) is 0 Å². The molecule has 0 fully saturated rings. The van der Waals surface area contributed by atoms with E-state index >= 15 is 0 Å². The zero-order chi connectivity index (χ0) is 14.6. The molecule has 0 aliphatic rings. The van der Waals surface area contributed by atoms with E-state index in [0.29, 0.717) is 5.92 Å². The normalized spacial score (nSPS) is 12.3. The van der Waals surface area contributed by atoms with Crippen molar-refractivity contribution in [2.24, 2.45) is 5.92 Å². The largest absolute Gasteiger partial charge is 0.497 e. The van der Waals surface area contributed by atoms with Gasteiger partial charge >= 0.3 is 0 Å². The van der Waals surface area contributed by atoms with E-state index in [2.05, 4.69) is 24.4 Å². The van der Waals surface area contributed by atoms with Crippen molar-refractivity contribution in [1.82, 2.24) is 5.32 Å². The van der Waals surface area contributed by atoms with Gasteiger partial charge in [-0.05, 0) is 43.0 Å². The van der Waals surface area contributed by atoms with Gasteiger partial charge in [-0.1, -0.05) is 31.9 Å².